The van der Waals surface area contributed by atoms with E-state index in [9.17, 15) is 14.4 Å². The van der Waals surface area contributed by atoms with Crippen LogP contribution in [0.25, 0.3) is 10.8 Å². The standard InChI is InChI=1S/C19H20N4O3S/c1-3-23(12-16(24)20-11-13-7-6-10-27-13)19(26)17-14-8-4-5-9-15(14)18(25)22(2)21-17/h4-10H,3,11-12H2,1-2H3,(H,20,24). The molecule has 0 spiro atoms. The molecule has 0 aliphatic rings. The van der Waals surface area contributed by atoms with Crippen LogP contribution in [0.1, 0.15) is 22.3 Å². The van der Waals surface area contributed by atoms with Crippen molar-refractivity contribution in [2.45, 2.75) is 13.5 Å². The lowest BCUT2D eigenvalue weighted by atomic mass is 10.1. The molecule has 0 radical (unpaired) electrons. The Morgan fingerprint density at radius 1 is 1.19 bits per heavy atom. The number of hydrogen-bond acceptors (Lipinski definition) is 5. The van der Waals surface area contributed by atoms with Gasteiger partial charge in [0.25, 0.3) is 11.5 Å². The number of nitrogens with one attached hydrogen (secondary N) is 1. The summed E-state index contributed by atoms with van der Waals surface area (Å²) in [6, 6.07) is 10.7. The van der Waals surface area contributed by atoms with Crippen molar-refractivity contribution in [3.8, 4) is 0 Å². The van der Waals surface area contributed by atoms with Gasteiger partial charge in [-0.25, -0.2) is 4.68 Å². The molecule has 0 atom stereocenters. The maximum atomic E-state index is 13.0. The number of carbonyl (C=O) groups is 2. The first-order valence-electron chi connectivity index (χ1n) is 8.55. The number of nitrogens with zero attached hydrogens (tertiary/aromatic N) is 3. The number of likely N-dealkylation sites (N-methyl/N-ethyl adjacent to an activating group) is 1. The van der Waals surface area contributed by atoms with E-state index < -0.39 is 0 Å². The lowest BCUT2D eigenvalue weighted by Crippen LogP contribution is -2.41. The first-order chi connectivity index (χ1) is 13.0. The molecule has 0 fully saturated rings. The highest BCUT2D eigenvalue weighted by Gasteiger charge is 2.22. The van der Waals surface area contributed by atoms with Gasteiger partial charge in [0, 0.05) is 23.9 Å². The molecule has 27 heavy (non-hydrogen) atoms. The third kappa shape index (κ3) is 4.06. The van der Waals surface area contributed by atoms with Gasteiger partial charge in [0.15, 0.2) is 5.69 Å². The predicted molar refractivity (Wildman–Crippen MR) is 105 cm³/mol. The molecule has 7 nitrogen and oxygen atoms in total. The average Bonchev–Trinajstić information content (AvgIpc) is 3.20. The van der Waals surface area contributed by atoms with Gasteiger partial charge in [-0.1, -0.05) is 24.3 Å². The number of benzene rings is 1. The highest BCUT2D eigenvalue weighted by Crippen LogP contribution is 2.15. The van der Waals surface area contributed by atoms with Crippen LogP contribution in [0.2, 0.25) is 0 Å². The van der Waals surface area contributed by atoms with Crippen LogP contribution < -0.4 is 10.9 Å². The van der Waals surface area contributed by atoms with Crippen molar-refractivity contribution in [1.29, 1.82) is 0 Å². The van der Waals surface area contributed by atoms with Crippen molar-refractivity contribution in [1.82, 2.24) is 20.0 Å². The quantitative estimate of drug-likeness (QED) is 0.702. The number of thiophene rings is 1. The Bertz CT molecular complexity index is 1030. The second kappa shape index (κ2) is 8.13. The molecule has 0 aliphatic heterocycles. The van der Waals surface area contributed by atoms with Crippen LogP contribution >= 0.6 is 11.3 Å². The first-order valence-corrected chi connectivity index (χ1v) is 9.43. The van der Waals surface area contributed by atoms with E-state index in [1.165, 1.54) is 11.9 Å². The molecule has 0 aliphatic carbocycles. The molecule has 3 rings (SSSR count). The van der Waals surface area contributed by atoms with Gasteiger partial charge < -0.3 is 10.2 Å². The lowest BCUT2D eigenvalue weighted by Gasteiger charge is -2.20. The summed E-state index contributed by atoms with van der Waals surface area (Å²) in [5.74, 6) is -0.622. The van der Waals surface area contributed by atoms with Crippen LogP contribution in [0.5, 0.6) is 0 Å². The molecule has 1 N–H and O–H groups in total. The number of fused-ring (bicyclic) bond motifs is 1. The molecule has 0 bridgehead atoms. The van der Waals surface area contributed by atoms with Crippen LogP contribution in [0.3, 0.4) is 0 Å². The summed E-state index contributed by atoms with van der Waals surface area (Å²) in [6.45, 7) is 2.52. The molecule has 0 saturated carbocycles. The van der Waals surface area contributed by atoms with Crippen molar-refractivity contribution < 1.29 is 9.59 Å². The van der Waals surface area contributed by atoms with E-state index in [2.05, 4.69) is 10.4 Å². The maximum absolute atomic E-state index is 13.0. The SMILES string of the molecule is CCN(CC(=O)NCc1cccs1)C(=O)c1nn(C)c(=O)c2ccccc12. The molecule has 1 aromatic carbocycles. The third-order valence-electron chi connectivity index (χ3n) is 4.20. The normalized spacial score (nSPS) is 10.7. The van der Waals surface area contributed by atoms with E-state index in [-0.39, 0.29) is 29.6 Å². The van der Waals surface area contributed by atoms with Crippen molar-refractivity contribution in [3.05, 3.63) is 62.7 Å². The van der Waals surface area contributed by atoms with Crippen LogP contribution in [0.15, 0.2) is 46.6 Å². The second-order valence-electron chi connectivity index (χ2n) is 6.00. The smallest absolute Gasteiger partial charge is 0.275 e. The van der Waals surface area contributed by atoms with Crippen LogP contribution in [0, 0.1) is 0 Å². The Balaban J connectivity index is 1.81. The van der Waals surface area contributed by atoms with Gasteiger partial charge >= 0.3 is 0 Å². The van der Waals surface area contributed by atoms with Gasteiger partial charge in [0.1, 0.15) is 0 Å². The average molecular weight is 384 g/mol. The summed E-state index contributed by atoms with van der Waals surface area (Å²) in [4.78, 5) is 39.9. The van der Waals surface area contributed by atoms with Crippen LogP contribution in [0.4, 0.5) is 0 Å². The van der Waals surface area contributed by atoms with E-state index in [4.69, 9.17) is 0 Å². The summed E-state index contributed by atoms with van der Waals surface area (Å²) in [5, 5.41) is 9.82. The maximum Gasteiger partial charge on any atom is 0.275 e. The number of hydrogen-bond donors (Lipinski definition) is 1. The zero-order chi connectivity index (χ0) is 19.4. The van der Waals surface area contributed by atoms with Crippen molar-refractivity contribution in [3.63, 3.8) is 0 Å². The minimum absolute atomic E-state index is 0.0699. The van der Waals surface area contributed by atoms with Crippen LogP contribution in [-0.4, -0.2) is 39.6 Å². The number of rotatable bonds is 6. The Morgan fingerprint density at radius 3 is 2.59 bits per heavy atom. The first kappa shape index (κ1) is 18.8. The summed E-state index contributed by atoms with van der Waals surface area (Å²) < 4.78 is 1.15. The van der Waals surface area contributed by atoms with Gasteiger partial charge in [-0.05, 0) is 24.4 Å². The van der Waals surface area contributed by atoms with Gasteiger partial charge in [-0.15, -0.1) is 11.3 Å². The summed E-state index contributed by atoms with van der Waals surface area (Å²) in [5.41, 5.74) is -0.0977. The monoisotopic (exact) mass is 384 g/mol. The summed E-state index contributed by atoms with van der Waals surface area (Å²) in [6.07, 6.45) is 0. The van der Waals surface area contributed by atoms with E-state index in [0.29, 0.717) is 23.9 Å². The van der Waals surface area contributed by atoms with E-state index in [1.807, 2.05) is 17.5 Å². The Kier molecular flexibility index (Phi) is 5.66. The van der Waals surface area contributed by atoms with Crippen molar-refractivity contribution in [2.24, 2.45) is 7.05 Å². The molecular weight excluding hydrogens is 364 g/mol. The van der Waals surface area contributed by atoms with Crippen molar-refractivity contribution >= 4 is 33.9 Å². The third-order valence-corrected chi connectivity index (χ3v) is 5.08. The highest BCUT2D eigenvalue weighted by atomic mass is 32.1. The molecule has 140 valence electrons. The van der Waals surface area contributed by atoms with Crippen molar-refractivity contribution in [2.75, 3.05) is 13.1 Å². The summed E-state index contributed by atoms with van der Waals surface area (Å²) >= 11 is 1.56. The fourth-order valence-corrected chi connectivity index (χ4v) is 3.41. The van der Waals surface area contributed by atoms with E-state index >= 15 is 0 Å². The minimum Gasteiger partial charge on any atom is -0.350 e. The topological polar surface area (TPSA) is 84.3 Å². The molecule has 0 saturated heterocycles. The molecule has 8 heteroatoms. The zero-order valence-corrected chi connectivity index (χ0v) is 16.0. The van der Waals surface area contributed by atoms with Gasteiger partial charge in [-0.3, -0.25) is 14.4 Å². The second-order valence-corrected chi connectivity index (χ2v) is 7.03. The molecule has 2 aromatic heterocycles. The minimum atomic E-state index is -0.379. The van der Waals surface area contributed by atoms with E-state index in [0.717, 1.165) is 9.56 Å². The zero-order valence-electron chi connectivity index (χ0n) is 15.1. The van der Waals surface area contributed by atoms with Gasteiger partial charge in [0.2, 0.25) is 5.91 Å². The fourth-order valence-electron chi connectivity index (χ4n) is 2.76. The Hall–Kier alpha value is -3.00. The summed E-state index contributed by atoms with van der Waals surface area (Å²) in [7, 11) is 1.51. The number of amides is 2. The molecular formula is C19H20N4O3S. The van der Waals surface area contributed by atoms with E-state index in [1.54, 1.807) is 42.5 Å². The molecule has 2 amide bonds. The highest BCUT2D eigenvalue weighted by molar-refractivity contribution is 7.09. The predicted octanol–water partition coefficient (Wildman–Crippen LogP) is 1.77. The number of aromatic nitrogens is 2. The lowest BCUT2D eigenvalue weighted by molar-refractivity contribution is -0.121. The van der Waals surface area contributed by atoms with Crippen LogP contribution in [-0.2, 0) is 18.4 Å². The Labute approximate surface area is 160 Å². The largest absolute Gasteiger partial charge is 0.350 e. The van der Waals surface area contributed by atoms with Gasteiger partial charge in [0.05, 0.1) is 18.5 Å². The fraction of sp³-hybridized carbons (Fsp3) is 0.263. The number of carbonyl (C=O) groups excluding carboxylic acids is 2. The Morgan fingerprint density at radius 2 is 1.93 bits per heavy atom. The number of aryl methyl sites for hydroxylation is 1. The molecule has 2 heterocycles. The molecule has 0 unspecified atom stereocenters. The van der Waals surface area contributed by atoms with Gasteiger partial charge in [-0.2, -0.15) is 5.10 Å². The molecule has 3 aromatic rings.